The number of rotatable bonds is 5. The first-order valence-corrected chi connectivity index (χ1v) is 7.06. The lowest BCUT2D eigenvalue weighted by molar-refractivity contribution is -0.115. The first-order chi connectivity index (χ1) is 11.2. The number of aromatic nitrogens is 1. The third-order valence-electron chi connectivity index (χ3n) is 3.45. The Kier molecular flexibility index (Phi) is 4.14. The van der Waals surface area contributed by atoms with E-state index in [1.807, 2.05) is 24.3 Å². The number of carbonyl (C=O) groups is 1. The number of nitrogens with zero attached hydrogens (tertiary/aromatic N) is 1. The third-order valence-corrected chi connectivity index (χ3v) is 3.45. The van der Waals surface area contributed by atoms with Crippen LogP contribution in [0.2, 0.25) is 0 Å². The van der Waals surface area contributed by atoms with Gasteiger partial charge in [0, 0.05) is 17.1 Å². The average molecular weight is 312 g/mol. The Balaban J connectivity index is 1.74. The standard InChI is InChI=1S/C17H16N2O4/c1-21-15-8-7-11(9-16(15)22-2)18-17(20)10-13-12-5-3-4-6-14(12)23-19-13/h3-9H,10H2,1-2H3,(H,18,20). The fourth-order valence-electron chi connectivity index (χ4n) is 2.34. The highest BCUT2D eigenvalue weighted by Crippen LogP contribution is 2.29. The maximum atomic E-state index is 12.2. The zero-order valence-corrected chi connectivity index (χ0v) is 12.8. The van der Waals surface area contributed by atoms with Gasteiger partial charge in [-0.05, 0) is 24.3 Å². The van der Waals surface area contributed by atoms with Crippen molar-refractivity contribution in [1.29, 1.82) is 0 Å². The summed E-state index contributed by atoms with van der Waals surface area (Å²) in [5.41, 5.74) is 1.90. The summed E-state index contributed by atoms with van der Waals surface area (Å²) in [6, 6.07) is 12.6. The highest BCUT2D eigenvalue weighted by Gasteiger charge is 2.13. The average Bonchev–Trinajstić information content (AvgIpc) is 2.97. The van der Waals surface area contributed by atoms with E-state index in [1.165, 1.54) is 0 Å². The first-order valence-electron chi connectivity index (χ1n) is 7.06. The van der Waals surface area contributed by atoms with Crippen LogP contribution in [0.25, 0.3) is 11.0 Å². The van der Waals surface area contributed by atoms with E-state index in [0.717, 1.165) is 5.39 Å². The number of benzene rings is 2. The van der Waals surface area contributed by atoms with E-state index < -0.39 is 0 Å². The van der Waals surface area contributed by atoms with Crippen LogP contribution in [0.1, 0.15) is 5.69 Å². The van der Waals surface area contributed by atoms with E-state index in [4.69, 9.17) is 14.0 Å². The van der Waals surface area contributed by atoms with E-state index in [1.54, 1.807) is 32.4 Å². The molecular formula is C17H16N2O4. The van der Waals surface area contributed by atoms with Crippen LogP contribution in [-0.2, 0) is 11.2 Å². The quantitative estimate of drug-likeness (QED) is 0.784. The second kappa shape index (κ2) is 6.39. The highest BCUT2D eigenvalue weighted by atomic mass is 16.5. The lowest BCUT2D eigenvalue weighted by Crippen LogP contribution is -2.14. The fraction of sp³-hybridized carbons (Fsp3) is 0.176. The number of para-hydroxylation sites is 1. The minimum Gasteiger partial charge on any atom is -0.493 e. The Morgan fingerprint density at radius 3 is 2.70 bits per heavy atom. The molecule has 0 radical (unpaired) electrons. The molecule has 0 spiro atoms. The molecule has 0 aliphatic carbocycles. The Morgan fingerprint density at radius 1 is 1.13 bits per heavy atom. The Morgan fingerprint density at radius 2 is 1.91 bits per heavy atom. The summed E-state index contributed by atoms with van der Waals surface area (Å²) in [4.78, 5) is 12.2. The molecule has 1 heterocycles. The van der Waals surface area contributed by atoms with Gasteiger partial charge in [-0.15, -0.1) is 0 Å². The first kappa shape index (κ1) is 14.9. The van der Waals surface area contributed by atoms with E-state index in [9.17, 15) is 4.79 Å². The van der Waals surface area contributed by atoms with Crippen LogP contribution in [-0.4, -0.2) is 25.3 Å². The summed E-state index contributed by atoms with van der Waals surface area (Å²) in [6.45, 7) is 0. The zero-order valence-electron chi connectivity index (χ0n) is 12.8. The minimum absolute atomic E-state index is 0.130. The molecule has 2 aromatic carbocycles. The molecule has 0 saturated heterocycles. The third kappa shape index (κ3) is 3.11. The molecule has 0 fully saturated rings. The molecule has 0 aliphatic heterocycles. The van der Waals surface area contributed by atoms with Crippen molar-refractivity contribution in [2.45, 2.75) is 6.42 Å². The van der Waals surface area contributed by atoms with Crippen molar-refractivity contribution in [1.82, 2.24) is 5.16 Å². The van der Waals surface area contributed by atoms with Crippen LogP contribution >= 0.6 is 0 Å². The number of methoxy groups -OCH3 is 2. The van der Waals surface area contributed by atoms with Crippen LogP contribution in [0, 0.1) is 0 Å². The smallest absolute Gasteiger partial charge is 0.230 e. The van der Waals surface area contributed by atoms with Gasteiger partial charge in [-0.3, -0.25) is 4.79 Å². The molecule has 23 heavy (non-hydrogen) atoms. The van der Waals surface area contributed by atoms with Crippen LogP contribution in [0.5, 0.6) is 11.5 Å². The Hall–Kier alpha value is -3.02. The molecule has 0 unspecified atom stereocenters. The van der Waals surface area contributed by atoms with Crippen molar-refractivity contribution >= 4 is 22.6 Å². The van der Waals surface area contributed by atoms with Gasteiger partial charge in [-0.2, -0.15) is 0 Å². The molecule has 3 aromatic rings. The van der Waals surface area contributed by atoms with E-state index in [0.29, 0.717) is 28.5 Å². The fourth-order valence-corrected chi connectivity index (χ4v) is 2.34. The van der Waals surface area contributed by atoms with Gasteiger partial charge in [0.25, 0.3) is 0 Å². The largest absolute Gasteiger partial charge is 0.493 e. The summed E-state index contributed by atoms with van der Waals surface area (Å²) in [5.74, 6) is 0.974. The van der Waals surface area contributed by atoms with Crippen molar-refractivity contribution in [2.75, 3.05) is 19.5 Å². The predicted octanol–water partition coefficient (Wildman–Crippen LogP) is 3.03. The van der Waals surface area contributed by atoms with Gasteiger partial charge in [-0.1, -0.05) is 17.3 Å². The number of amides is 1. The van der Waals surface area contributed by atoms with Gasteiger partial charge in [-0.25, -0.2) is 0 Å². The molecule has 1 aromatic heterocycles. The van der Waals surface area contributed by atoms with Crippen molar-refractivity contribution in [3.05, 3.63) is 48.2 Å². The molecule has 6 heteroatoms. The minimum atomic E-state index is -0.184. The van der Waals surface area contributed by atoms with Gasteiger partial charge in [0.1, 0.15) is 5.69 Å². The van der Waals surface area contributed by atoms with Crippen molar-refractivity contribution in [3.63, 3.8) is 0 Å². The maximum absolute atomic E-state index is 12.2. The molecule has 6 nitrogen and oxygen atoms in total. The number of hydrogen-bond donors (Lipinski definition) is 1. The van der Waals surface area contributed by atoms with Crippen molar-refractivity contribution in [2.24, 2.45) is 0 Å². The number of fused-ring (bicyclic) bond motifs is 1. The summed E-state index contributed by atoms with van der Waals surface area (Å²) in [7, 11) is 3.11. The molecule has 0 saturated carbocycles. The number of ether oxygens (including phenoxy) is 2. The number of anilines is 1. The van der Waals surface area contributed by atoms with Crippen LogP contribution in [0.15, 0.2) is 47.0 Å². The number of carbonyl (C=O) groups excluding carboxylic acids is 1. The second-order valence-electron chi connectivity index (χ2n) is 4.92. The molecule has 118 valence electrons. The maximum Gasteiger partial charge on any atom is 0.230 e. The zero-order chi connectivity index (χ0) is 16.2. The van der Waals surface area contributed by atoms with Gasteiger partial charge >= 0.3 is 0 Å². The lowest BCUT2D eigenvalue weighted by Gasteiger charge is -2.10. The SMILES string of the molecule is COc1ccc(NC(=O)Cc2noc3ccccc23)cc1OC. The lowest BCUT2D eigenvalue weighted by atomic mass is 10.1. The summed E-state index contributed by atoms with van der Waals surface area (Å²) >= 11 is 0. The van der Waals surface area contributed by atoms with E-state index in [-0.39, 0.29) is 12.3 Å². The van der Waals surface area contributed by atoms with E-state index >= 15 is 0 Å². The van der Waals surface area contributed by atoms with Crippen molar-refractivity contribution in [3.8, 4) is 11.5 Å². The molecule has 0 bridgehead atoms. The monoisotopic (exact) mass is 312 g/mol. The molecule has 0 aliphatic rings. The predicted molar refractivity (Wildman–Crippen MR) is 85.9 cm³/mol. The van der Waals surface area contributed by atoms with Gasteiger partial charge in [0.2, 0.25) is 5.91 Å². The Labute approximate surface area is 133 Å². The normalized spacial score (nSPS) is 10.5. The molecule has 1 N–H and O–H groups in total. The number of nitrogens with one attached hydrogen (secondary N) is 1. The Bertz CT molecular complexity index is 841. The molecule has 1 amide bonds. The highest BCUT2D eigenvalue weighted by molar-refractivity contribution is 5.94. The van der Waals surface area contributed by atoms with Crippen LogP contribution < -0.4 is 14.8 Å². The van der Waals surface area contributed by atoms with Gasteiger partial charge in [0.15, 0.2) is 17.1 Å². The summed E-state index contributed by atoms with van der Waals surface area (Å²) < 4.78 is 15.6. The molecule has 3 rings (SSSR count). The summed E-state index contributed by atoms with van der Waals surface area (Å²) in [5, 5.41) is 7.61. The van der Waals surface area contributed by atoms with E-state index in [2.05, 4.69) is 10.5 Å². The second-order valence-corrected chi connectivity index (χ2v) is 4.92. The van der Waals surface area contributed by atoms with Crippen LogP contribution in [0.4, 0.5) is 5.69 Å². The van der Waals surface area contributed by atoms with Gasteiger partial charge < -0.3 is 19.3 Å². The molecular weight excluding hydrogens is 296 g/mol. The van der Waals surface area contributed by atoms with Gasteiger partial charge in [0.05, 0.1) is 20.6 Å². The summed E-state index contributed by atoms with van der Waals surface area (Å²) in [6.07, 6.45) is 0.130. The van der Waals surface area contributed by atoms with Crippen molar-refractivity contribution < 1.29 is 18.8 Å². The van der Waals surface area contributed by atoms with Crippen LogP contribution in [0.3, 0.4) is 0 Å². The molecule has 0 atom stereocenters. The topological polar surface area (TPSA) is 73.6 Å². The number of hydrogen-bond acceptors (Lipinski definition) is 5.